The maximum Gasteiger partial charge on any atom is 0.259 e. The van der Waals surface area contributed by atoms with E-state index in [1.807, 2.05) is 55.1 Å². The number of anilines is 1. The molecule has 2 amide bonds. The van der Waals surface area contributed by atoms with Crippen LogP contribution in [-0.2, 0) is 6.54 Å². The van der Waals surface area contributed by atoms with Gasteiger partial charge in [-0.05, 0) is 62.6 Å². The van der Waals surface area contributed by atoms with E-state index < -0.39 is 0 Å². The minimum atomic E-state index is -0.0288. The van der Waals surface area contributed by atoms with Crippen LogP contribution in [-0.4, -0.2) is 46.9 Å². The number of pyridine rings is 1. The predicted molar refractivity (Wildman–Crippen MR) is 133 cm³/mol. The van der Waals surface area contributed by atoms with Gasteiger partial charge in [0.2, 0.25) is 0 Å². The first kappa shape index (κ1) is 22.3. The molecule has 0 radical (unpaired) electrons. The highest BCUT2D eigenvalue weighted by Crippen LogP contribution is 2.35. The van der Waals surface area contributed by atoms with Gasteiger partial charge in [0, 0.05) is 55.4 Å². The van der Waals surface area contributed by atoms with Crippen molar-refractivity contribution in [3.05, 3.63) is 94.8 Å². The van der Waals surface area contributed by atoms with Gasteiger partial charge >= 0.3 is 0 Å². The molecule has 2 aliphatic heterocycles. The maximum atomic E-state index is 13.4. The van der Waals surface area contributed by atoms with Gasteiger partial charge in [-0.15, -0.1) is 0 Å². The first-order valence-electron chi connectivity index (χ1n) is 11.9. The van der Waals surface area contributed by atoms with Gasteiger partial charge in [0.1, 0.15) is 0 Å². The van der Waals surface area contributed by atoms with Gasteiger partial charge in [-0.1, -0.05) is 35.4 Å². The standard InChI is InChI=1S/C28H30N4O2/c1-19-12-20(2)14-23(13-19)27(33)30-16-24-9-10-25-18-32(28(34)21-7-5-11-29-15-21)26-8-4-3-6-22(26)17-31(24)25/h3-8,11-15,24-25H,9-10,16-18H2,1-2H3,(H,30,33). The SMILES string of the molecule is Cc1cc(C)cc(C(=O)NCC2CCC3CN(C(=O)c4cccnc4)c4ccccc4CN23)c1. The summed E-state index contributed by atoms with van der Waals surface area (Å²) in [5.74, 6) is -0.0483. The van der Waals surface area contributed by atoms with Crippen LogP contribution >= 0.6 is 0 Å². The van der Waals surface area contributed by atoms with Crippen molar-refractivity contribution in [1.29, 1.82) is 0 Å². The van der Waals surface area contributed by atoms with E-state index in [9.17, 15) is 9.59 Å². The second-order valence-corrected chi connectivity index (χ2v) is 9.43. The molecule has 3 aromatic rings. The van der Waals surface area contributed by atoms with Crippen LogP contribution < -0.4 is 10.2 Å². The van der Waals surface area contributed by atoms with Gasteiger partial charge in [-0.25, -0.2) is 0 Å². The summed E-state index contributed by atoms with van der Waals surface area (Å²) in [7, 11) is 0. The second kappa shape index (κ2) is 9.39. The fraction of sp³-hybridized carbons (Fsp3) is 0.321. The fourth-order valence-electron chi connectivity index (χ4n) is 5.36. The molecule has 0 aliphatic carbocycles. The van der Waals surface area contributed by atoms with Crippen molar-refractivity contribution >= 4 is 17.5 Å². The molecule has 1 saturated heterocycles. The molecule has 2 aromatic carbocycles. The van der Waals surface area contributed by atoms with Crippen LogP contribution in [0, 0.1) is 13.8 Å². The van der Waals surface area contributed by atoms with Crippen molar-refractivity contribution in [3.8, 4) is 0 Å². The summed E-state index contributed by atoms with van der Waals surface area (Å²) < 4.78 is 0. The lowest BCUT2D eigenvalue weighted by Crippen LogP contribution is -2.45. The van der Waals surface area contributed by atoms with Crippen LogP contribution in [0.2, 0.25) is 0 Å². The second-order valence-electron chi connectivity index (χ2n) is 9.43. The molecule has 5 rings (SSSR count). The third-order valence-electron chi connectivity index (χ3n) is 6.94. The topological polar surface area (TPSA) is 65.5 Å². The number of benzene rings is 2. The minimum absolute atomic E-state index is 0.0195. The number of para-hydroxylation sites is 1. The molecule has 1 N–H and O–H groups in total. The largest absolute Gasteiger partial charge is 0.350 e. The van der Waals surface area contributed by atoms with Crippen LogP contribution in [0.3, 0.4) is 0 Å². The third-order valence-corrected chi connectivity index (χ3v) is 6.94. The van der Waals surface area contributed by atoms with Gasteiger partial charge in [0.05, 0.1) is 5.56 Å². The Kier molecular flexibility index (Phi) is 6.16. The van der Waals surface area contributed by atoms with Gasteiger partial charge < -0.3 is 10.2 Å². The van der Waals surface area contributed by atoms with Gasteiger partial charge in [0.25, 0.3) is 11.8 Å². The smallest absolute Gasteiger partial charge is 0.259 e. The normalized spacial score (nSPS) is 19.8. The molecular formula is C28H30N4O2. The Morgan fingerprint density at radius 1 is 1.00 bits per heavy atom. The molecule has 1 fully saturated rings. The monoisotopic (exact) mass is 454 g/mol. The number of fused-ring (bicyclic) bond motifs is 2. The Morgan fingerprint density at radius 3 is 2.56 bits per heavy atom. The summed E-state index contributed by atoms with van der Waals surface area (Å²) in [5.41, 5.74) is 5.59. The third kappa shape index (κ3) is 4.46. The minimum Gasteiger partial charge on any atom is -0.350 e. The number of rotatable bonds is 4. The van der Waals surface area contributed by atoms with E-state index in [2.05, 4.69) is 27.3 Å². The summed E-state index contributed by atoms with van der Waals surface area (Å²) in [5, 5.41) is 3.16. The van der Waals surface area contributed by atoms with Crippen molar-refractivity contribution in [2.75, 3.05) is 18.0 Å². The van der Waals surface area contributed by atoms with E-state index in [1.54, 1.807) is 18.5 Å². The van der Waals surface area contributed by atoms with Crippen molar-refractivity contribution < 1.29 is 9.59 Å². The molecule has 2 atom stereocenters. The van der Waals surface area contributed by atoms with E-state index in [0.29, 0.717) is 24.2 Å². The van der Waals surface area contributed by atoms with E-state index in [1.165, 1.54) is 0 Å². The molecule has 0 bridgehead atoms. The van der Waals surface area contributed by atoms with Crippen LogP contribution in [0.5, 0.6) is 0 Å². The number of carbonyl (C=O) groups is 2. The van der Waals surface area contributed by atoms with Crippen molar-refractivity contribution in [3.63, 3.8) is 0 Å². The molecule has 3 heterocycles. The lowest BCUT2D eigenvalue weighted by Gasteiger charge is -2.29. The van der Waals surface area contributed by atoms with E-state index in [-0.39, 0.29) is 23.9 Å². The summed E-state index contributed by atoms with van der Waals surface area (Å²) in [4.78, 5) is 34.8. The van der Waals surface area contributed by atoms with Gasteiger partial charge in [-0.2, -0.15) is 0 Å². The summed E-state index contributed by atoms with van der Waals surface area (Å²) in [6.07, 6.45) is 5.31. The zero-order valence-electron chi connectivity index (χ0n) is 19.7. The fourth-order valence-corrected chi connectivity index (χ4v) is 5.36. The Hall–Kier alpha value is -3.51. The number of hydrogen-bond donors (Lipinski definition) is 1. The van der Waals surface area contributed by atoms with E-state index >= 15 is 0 Å². The quantitative estimate of drug-likeness (QED) is 0.644. The number of nitrogens with one attached hydrogen (secondary N) is 1. The predicted octanol–water partition coefficient (Wildman–Crippen LogP) is 4.12. The molecule has 0 saturated carbocycles. The van der Waals surface area contributed by atoms with Crippen LogP contribution in [0.25, 0.3) is 0 Å². The van der Waals surface area contributed by atoms with Crippen molar-refractivity contribution in [1.82, 2.24) is 15.2 Å². The Morgan fingerprint density at radius 2 is 1.79 bits per heavy atom. The number of hydrogen-bond acceptors (Lipinski definition) is 4. The Balaban J connectivity index is 1.34. The Bertz CT molecular complexity index is 1190. The van der Waals surface area contributed by atoms with E-state index in [4.69, 9.17) is 0 Å². The van der Waals surface area contributed by atoms with Crippen LogP contribution in [0.1, 0.15) is 50.2 Å². The average Bonchev–Trinajstić information content (AvgIpc) is 3.13. The molecule has 6 heteroatoms. The molecule has 174 valence electrons. The zero-order chi connectivity index (χ0) is 23.7. The number of nitrogens with zero attached hydrogens (tertiary/aromatic N) is 3. The molecule has 6 nitrogen and oxygen atoms in total. The highest BCUT2D eigenvalue weighted by molar-refractivity contribution is 6.06. The first-order valence-corrected chi connectivity index (χ1v) is 11.9. The molecule has 2 unspecified atom stereocenters. The molecule has 34 heavy (non-hydrogen) atoms. The zero-order valence-corrected chi connectivity index (χ0v) is 19.7. The Labute approximate surface area is 200 Å². The highest BCUT2D eigenvalue weighted by atomic mass is 16.2. The van der Waals surface area contributed by atoms with Crippen LogP contribution in [0.4, 0.5) is 5.69 Å². The summed E-state index contributed by atoms with van der Waals surface area (Å²) in [6, 6.07) is 18.2. The van der Waals surface area contributed by atoms with Gasteiger partial charge in [0.15, 0.2) is 0 Å². The molecular weight excluding hydrogens is 424 g/mol. The highest BCUT2D eigenvalue weighted by Gasteiger charge is 2.39. The number of amides is 2. The summed E-state index contributed by atoms with van der Waals surface area (Å²) >= 11 is 0. The molecule has 1 aromatic heterocycles. The number of aryl methyl sites for hydroxylation is 2. The van der Waals surface area contributed by atoms with Gasteiger partial charge in [-0.3, -0.25) is 19.5 Å². The lowest BCUT2D eigenvalue weighted by molar-refractivity contribution is 0.0933. The first-order chi connectivity index (χ1) is 16.5. The maximum absolute atomic E-state index is 13.4. The number of carbonyl (C=O) groups excluding carboxylic acids is 2. The number of aromatic nitrogens is 1. The van der Waals surface area contributed by atoms with Crippen molar-refractivity contribution in [2.45, 2.75) is 45.3 Å². The van der Waals surface area contributed by atoms with Crippen molar-refractivity contribution in [2.24, 2.45) is 0 Å². The van der Waals surface area contributed by atoms with E-state index in [0.717, 1.165) is 41.8 Å². The lowest BCUT2D eigenvalue weighted by atomic mass is 10.1. The van der Waals surface area contributed by atoms with Crippen LogP contribution in [0.15, 0.2) is 67.0 Å². The molecule has 0 spiro atoms. The summed E-state index contributed by atoms with van der Waals surface area (Å²) in [6.45, 7) is 6.02. The average molecular weight is 455 g/mol. The molecule has 2 aliphatic rings.